The molecule has 2 N–H and O–H groups in total. The van der Waals surface area contributed by atoms with Gasteiger partial charge in [-0.25, -0.2) is 0 Å². The molecule has 1 aliphatic rings. The molecule has 0 spiro atoms. The van der Waals surface area contributed by atoms with Crippen LogP contribution in [0.5, 0.6) is 0 Å². The maximum Gasteiger partial charge on any atom is 0.240 e. The summed E-state index contributed by atoms with van der Waals surface area (Å²) in [6, 6.07) is 0.505. The lowest BCUT2D eigenvalue weighted by molar-refractivity contribution is 0.0837. The first kappa shape index (κ1) is 19.6. The molecule has 1 saturated heterocycles. The Labute approximate surface area is 132 Å². The first-order valence-electron chi connectivity index (χ1n) is 6.41. The fraction of sp³-hybridized carbons (Fsp3) is 0.833. The molecule has 0 aliphatic carbocycles. The standard InChI is InChI=1S/C12H23N5O.2ClH/c1-9-7-16(4)5-6-17(9)8-10-14-11(15-18-10)12(2,3)13;;/h9H,5-8,13H2,1-4H3;2*1H. The molecular formula is C12H25Cl2N5O. The summed E-state index contributed by atoms with van der Waals surface area (Å²) in [5.74, 6) is 1.22. The zero-order valence-electron chi connectivity index (χ0n) is 12.5. The minimum atomic E-state index is -0.546. The van der Waals surface area contributed by atoms with Crippen LogP contribution in [0.4, 0.5) is 0 Å². The molecule has 0 radical (unpaired) electrons. The van der Waals surface area contributed by atoms with Gasteiger partial charge in [-0.05, 0) is 27.8 Å². The van der Waals surface area contributed by atoms with Crippen LogP contribution in [0.1, 0.15) is 32.5 Å². The molecule has 1 fully saturated rings. The predicted molar refractivity (Wildman–Crippen MR) is 83.4 cm³/mol. The summed E-state index contributed by atoms with van der Waals surface area (Å²) in [6.45, 7) is 9.86. The number of rotatable bonds is 3. The number of nitrogens with zero attached hydrogens (tertiary/aromatic N) is 4. The van der Waals surface area contributed by atoms with Crippen molar-refractivity contribution in [2.75, 3.05) is 26.7 Å². The molecule has 1 aromatic heterocycles. The van der Waals surface area contributed by atoms with E-state index >= 15 is 0 Å². The second-order valence-electron chi connectivity index (χ2n) is 5.82. The van der Waals surface area contributed by atoms with Crippen molar-refractivity contribution in [1.82, 2.24) is 19.9 Å². The Balaban J connectivity index is 0.00000180. The van der Waals surface area contributed by atoms with Crippen LogP contribution in [0.2, 0.25) is 0 Å². The molecule has 8 heteroatoms. The highest BCUT2D eigenvalue weighted by atomic mass is 35.5. The smallest absolute Gasteiger partial charge is 0.240 e. The van der Waals surface area contributed by atoms with E-state index in [4.69, 9.17) is 10.3 Å². The summed E-state index contributed by atoms with van der Waals surface area (Å²) in [7, 11) is 2.15. The van der Waals surface area contributed by atoms with E-state index in [1.165, 1.54) is 0 Å². The summed E-state index contributed by atoms with van der Waals surface area (Å²) < 4.78 is 5.27. The number of hydrogen-bond acceptors (Lipinski definition) is 6. The third-order valence-corrected chi connectivity index (χ3v) is 3.35. The van der Waals surface area contributed by atoms with E-state index < -0.39 is 5.54 Å². The van der Waals surface area contributed by atoms with E-state index in [2.05, 4.69) is 33.9 Å². The van der Waals surface area contributed by atoms with Gasteiger partial charge >= 0.3 is 0 Å². The first-order chi connectivity index (χ1) is 8.36. The normalized spacial score (nSPS) is 21.1. The van der Waals surface area contributed by atoms with Gasteiger partial charge in [0.1, 0.15) is 0 Å². The third-order valence-electron chi connectivity index (χ3n) is 3.35. The summed E-state index contributed by atoms with van der Waals surface area (Å²) in [4.78, 5) is 9.07. The highest BCUT2D eigenvalue weighted by Gasteiger charge is 2.25. The lowest BCUT2D eigenvalue weighted by atomic mass is 10.1. The average molecular weight is 326 g/mol. The molecule has 1 unspecified atom stereocenters. The van der Waals surface area contributed by atoms with Crippen LogP contribution in [0, 0.1) is 0 Å². The molecule has 2 rings (SSSR count). The van der Waals surface area contributed by atoms with Crippen molar-refractivity contribution >= 4 is 24.8 Å². The Morgan fingerprint density at radius 2 is 2.00 bits per heavy atom. The van der Waals surface area contributed by atoms with Gasteiger partial charge in [0, 0.05) is 25.7 Å². The van der Waals surface area contributed by atoms with Crippen LogP contribution in [0.25, 0.3) is 0 Å². The van der Waals surface area contributed by atoms with Crippen LogP contribution < -0.4 is 5.73 Å². The lowest BCUT2D eigenvalue weighted by Gasteiger charge is -2.37. The highest BCUT2D eigenvalue weighted by molar-refractivity contribution is 5.85. The molecule has 6 nitrogen and oxygen atoms in total. The van der Waals surface area contributed by atoms with Gasteiger partial charge in [-0.2, -0.15) is 4.98 Å². The average Bonchev–Trinajstić information content (AvgIpc) is 2.70. The van der Waals surface area contributed by atoms with Gasteiger partial charge in [0.25, 0.3) is 0 Å². The van der Waals surface area contributed by atoms with Crippen molar-refractivity contribution in [2.24, 2.45) is 5.73 Å². The molecule has 1 aromatic rings. The fourth-order valence-corrected chi connectivity index (χ4v) is 2.17. The van der Waals surface area contributed by atoms with Crippen molar-refractivity contribution in [1.29, 1.82) is 0 Å². The Kier molecular flexibility index (Phi) is 7.41. The minimum Gasteiger partial charge on any atom is -0.338 e. The van der Waals surface area contributed by atoms with Gasteiger partial charge in [-0.3, -0.25) is 4.90 Å². The zero-order chi connectivity index (χ0) is 13.3. The number of piperazine rings is 1. The van der Waals surface area contributed by atoms with E-state index in [-0.39, 0.29) is 24.8 Å². The van der Waals surface area contributed by atoms with Gasteiger partial charge in [-0.1, -0.05) is 5.16 Å². The van der Waals surface area contributed by atoms with E-state index in [0.717, 1.165) is 19.6 Å². The summed E-state index contributed by atoms with van der Waals surface area (Å²) in [5, 5.41) is 3.94. The van der Waals surface area contributed by atoms with Crippen molar-refractivity contribution in [3.8, 4) is 0 Å². The predicted octanol–water partition coefficient (Wildman–Crippen LogP) is 1.24. The van der Waals surface area contributed by atoms with Crippen molar-refractivity contribution in [3.63, 3.8) is 0 Å². The van der Waals surface area contributed by atoms with Crippen molar-refractivity contribution in [2.45, 2.75) is 38.9 Å². The van der Waals surface area contributed by atoms with Crippen LogP contribution in [0.15, 0.2) is 4.52 Å². The van der Waals surface area contributed by atoms with Crippen LogP contribution >= 0.6 is 24.8 Å². The molecule has 0 amide bonds. The Morgan fingerprint density at radius 1 is 1.35 bits per heavy atom. The maximum atomic E-state index is 5.94. The monoisotopic (exact) mass is 325 g/mol. The molecule has 2 heterocycles. The molecule has 20 heavy (non-hydrogen) atoms. The molecule has 0 bridgehead atoms. The number of hydrogen-bond donors (Lipinski definition) is 1. The molecule has 0 saturated carbocycles. The minimum absolute atomic E-state index is 0. The molecule has 118 valence electrons. The zero-order valence-corrected chi connectivity index (χ0v) is 14.1. The largest absolute Gasteiger partial charge is 0.338 e. The number of likely N-dealkylation sites (N-methyl/N-ethyl adjacent to an activating group) is 1. The van der Waals surface area contributed by atoms with E-state index in [0.29, 0.717) is 24.3 Å². The maximum absolute atomic E-state index is 5.94. The van der Waals surface area contributed by atoms with Crippen molar-refractivity contribution < 1.29 is 4.52 Å². The molecular weight excluding hydrogens is 301 g/mol. The SMILES string of the molecule is CC1CN(C)CCN1Cc1nc(C(C)(C)N)no1.Cl.Cl. The van der Waals surface area contributed by atoms with Gasteiger partial charge in [0.05, 0.1) is 12.1 Å². The van der Waals surface area contributed by atoms with Gasteiger partial charge in [-0.15, -0.1) is 24.8 Å². The van der Waals surface area contributed by atoms with Crippen LogP contribution in [0.3, 0.4) is 0 Å². The van der Waals surface area contributed by atoms with Gasteiger partial charge in [0.2, 0.25) is 5.89 Å². The summed E-state index contributed by atoms with van der Waals surface area (Å²) >= 11 is 0. The molecule has 1 atom stereocenters. The Bertz CT molecular complexity index is 407. The highest BCUT2D eigenvalue weighted by Crippen LogP contribution is 2.15. The topological polar surface area (TPSA) is 71.4 Å². The van der Waals surface area contributed by atoms with E-state index in [9.17, 15) is 0 Å². The Morgan fingerprint density at radius 3 is 2.50 bits per heavy atom. The summed E-state index contributed by atoms with van der Waals surface area (Å²) in [6.07, 6.45) is 0. The van der Waals surface area contributed by atoms with E-state index in [1.54, 1.807) is 0 Å². The van der Waals surface area contributed by atoms with E-state index in [1.807, 2.05) is 13.8 Å². The van der Waals surface area contributed by atoms with Crippen molar-refractivity contribution in [3.05, 3.63) is 11.7 Å². The number of halogens is 2. The fourth-order valence-electron chi connectivity index (χ4n) is 2.17. The van der Waals surface area contributed by atoms with Gasteiger partial charge in [0.15, 0.2) is 5.82 Å². The van der Waals surface area contributed by atoms with Crippen LogP contribution in [-0.4, -0.2) is 52.7 Å². The second kappa shape index (κ2) is 7.56. The quantitative estimate of drug-likeness (QED) is 0.901. The van der Waals surface area contributed by atoms with Gasteiger partial charge < -0.3 is 15.2 Å². The number of aromatic nitrogens is 2. The molecule has 0 aromatic carbocycles. The number of nitrogens with two attached hydrogens (primary N) is 1. The summed E-state index contributed by atoms with van der Waals surface area (Å²) in [5.41, 5.74) is 5.40. The second-order valence-corrected chi connectivity index (χ2v) is 5.82. The third kappa shape index (κ3) is 4.86. The Hall–Kier alpha value is -0.400. The molecule has 1 aliphatic heterocycles. The lowest BCUT2D eigenvalue weighted by Crippen LogP contribution is -2.49. The van der Waals surface area contributed by atoms with Crippen LogP contribution in [-0.2, 0) is 12.1 Å². The first-order valence-corrected chi connectivity index (χ1v) is 6.41.